The van der Waals surface area contributed by atoms with Crippen LogP contribution < -0.4 is 11.1 Å². The average molecular weight is 416 g/mol. The van der Waals surface area contributed by atoms with Gasteiger partial charge >= 0.3 is 0 Å². The molecule has 5 heteroatoms. The Balaban J connectivity index is 0.00000242. The molecule has 0 spiro atoms. The SMILES string of the molecule is CCc1ccccc1CN=C(N)NCC1CCCN1CC.I. The van der Waals surface area contributed by atoms with Gasteiger partial charge in [-0.05, 0) is 43.5 Å². The summed E-state index contributed by atoms with van der Waals surface area (Å²) in [7, 11) is 0. The molecule has 124 valence electrons. The molecule has 0 saturated carbocycles. The van der Waals surface area contributed by atoms with E-state index in [0.717, 1.165) is 19.5 Å². The number of nitrogens with one attached hydrogen (secondary N) is 1. The monoisotopic (exact) mass is 416 g/mol. The van der Waals surface area contributed by atoms with Gasteiger partial charge < -0.3 is 11.1 Å². The highest BCUT2D eigenvalue weighted by Gasteiger charge is 2.22. The molecule has 0 aliphatic carbocycles. The molecule has 1 aliphatic heterocycles. The maximum Gasteiger partial charge on any atom is 0.188 e. The van der Waals surface area contributed by atoms with E-state index in [9.17, 15) is 0 Å². The molecule has 0 radical (unpaired) electrons. The van der Waals surface area contributed by atoms with Gasteiger partial charge in [-0.1, -0.05) is 38.1 Å². The Morgan fingerprint density at radius 2 is 2.05 bits per heavy atom. The van der Waals surface area contributed by atoms with Crippen molar-refractivity contribution in [2.75, 3.05) is 19.6 Å². The zero-order chi connectivity index (χ0) is 15.1. The first-order valence-electron chi connectivity index (χ1n) is 8.09. The van der Waals surface area contributed by atoms with Crippen molar-refractivity contribution >= 4 is 29.9 Å². The normalized spacial score (nSPS) is 19.0. The molecule has 3 N–H and O–H groups in total. The van der Waals surface area contributed by atoms with Gasteiger partial charge in [0.1, 0.15) is 0 Å². The van der Waals surface area contributed by atoms with Crippen LogP contribution >= 0.6 is 24.0 Å². The zero-order valence-electron chi connectivity index (χ0n) is 13.7. The summed E-state index contributed by atoms with van der Waals surface area (Å²) in [6.45, 7) is 8.28. The first-order valence-corrected chi connectivity index (χ1v) is 8.09. The molecular weight excluding hydrogens is 387 g/mol. The number of nitrogens with two attached hydrogens (primary N) is 1. The maximum absolute atomic E-state index is 6.00. The van der Waals surface area contributed by atoms with Crippen molar-refractivity contribution in [3.8, 4) is 0 Å². The smallest absolute Gasteiger partial charge is 0.188 e. The third kappa shape index (κ3) is 5.43. The topological polar surface area (TPSA) is 53.6 Å². The number of rotatable bonds is 6. The predicted octanol–water partition coefficient (Wildman–Crippen LogP) is 2.76. The van der Waals surface area contributed by atoms with Gasteiger partial charge in [-0.2, -0.15) is 0 Å². The second-order valence-corrected chi connectivity index (χ2v) is 5.63. The van der Waals surface area contributed by atoms with Gasteiger partial charge in [0.25, 0.3) is 0 Å². The number of guanidine groups is 1. The summed E-state index contributed by atoms with van der Waals surface area (Å²) in [6, 6.07) is 9.03. The molecule has 1 aromatic carbocycles. The van der Waals surface area contributed by atoms with Crippen LogP contribution in [0, 0.1) is 0 Å². The van der Waals surface area contributed by atoms with E-state index in [4.69, 9.17) is 5.73 Å². The molecule has 4 nitrogen and oxygen atoms in total. The Morgan fingerprint density at radius 1 is 1.32 bits per heavy atom. The molecule has 0 amide bonds. The lowest BCUT2D eigenvalue weighted by molar-refractivity contribution is 0.267. The molecule has 1 heterocycles. The van der Waals surface area contributed by atoms with Crippen molar-refractivity contribution in [1.29, 1.82) is 0 Å². The van der Waals surface area contributed by atoms with E-state index in [1.54, 1.807) is 0 Å². The number of aryl methyl sites for hydroxylation is 1. The van der Waals surface area contributed by atoms with E-state index >= 15 is 0 Å². The highest BCUT2D eigenvalue weighted by Crippen LogP contribution is 2.15. The summed E-state index contributed by atoms with van der Waals surface area (Å²) in [6.07, 6.45) is 3.58. The number of hydrogen-bond acceptors (Lipinski definition) is 2. The molecule has 22 heavy (non-hydrogen) atoms. The summed E-state index contributed by atoms with van der Waals surface area (Å²) in [5.74, 6) is 0.559. The third-order valence-electron chi connectivity index (χ3n) is 4.34. The van der Waals surface area contributed by atoms with Gasteiger partial charge in [-0.15, -0.1) is 24.0 Å². The number of nitrogens with zero attached hydrogens (tertiary/aromatic N) is 2. The Hall–Kier alpha value is -0.820. The first-order chi connectivity index (χ1) is 10.2. The van der Waals surface area contributed by atoms with E-state index in [-0.39, 0.29) is 24.0 Å². The van der Waals surface area contributed by atoms with Gasteiger partial charge in [0.2, 0.25) is 0 Å². The molecule has 1 fully saturated rings. The van der Waals surface area contributed by atoms with E-state index in [0.29, 0.717) is 18.5 Å². The van der Waals surface area contributed by atoms with Crippen molar-refractivity contribution in [2.24, 2.45) is 10.7 Å². The summed E-state index contributed by atoms with van der Waals surface area (Å²) in [5, 5.41) is 3.28. The van der Waals surface area contributed by atoms with Gasteiger partial charge in [0.05, 0.1) is 6.54 Å². The Labute approximate surface area is 151 Å². The molecule has 1 aromatic rings. The molecule has 1 atom stereocenters. The Morgan fingerprint density at radius 3 is 2.73 bits per heavy atom. The van der Waals surface area contributed by atoms with Gasteiger partial charge in [-0.3, -0.25) is 4.90 Å². The van der Waals surface area contributed by atoms with Crippen LogP contribution in [0.1, 0.15) is 37.8 Å². The average Bonchev–Trinajstić information content (AvgIpc) is 2.98. The quantitative estimate of drug-likeness (QED) is 0.426. The summed E-state index contributed by atoms with van der Waals surface area (Å²) < 4.78 is 0. The van der Waals surface area contributed by atoms with Crippen molar-refractivity contribution in [3.05, 3.63) is 35.4 Å². The number of benzene rings is 1. The highest BCUT2D eigenvalue weighted by atomic mass is 127. The van der Waals surface area contributed by atoms with Crippen LogP contribution in [0.3, 0.4) is 0 Å². The minimum Gasteiger partial charge on any atom is -0.370 e. The van der Waals surface area contributed by atoms with Crippen LogP contribution in [-0.4, -0.2) is 36.5 Å². The number of likely N-dealkylation sites (N-methyl/N-ethyl adjacent to an activating group) is 1. The van der Waals surface area contributed by atoms with E-state index in [2.05, 4.69) is 53.3 Å². The minimum atomic E-state index is 0. The summed E-state index contributed by atoms with van der Waals surface area (Å²) in [5.41, 5.74) is 8.61. The van der Waals surface area contributed by atoms with Gasteiger partial charge in [-0.25, -0.2) is 4.99 Å². The third-order valence-corrected chi connectivity index (χ3v) is 4.34. The standard InChI is InChI=1S/C17H28N4.HI/c1-3-14-8-5-6-9-15(14)12-19-17(18)20-13-16-10-7-11-21(16)4-2;/h5-6,8-9,16H,3-4,7,10-13H2,1-2H3,(H3,18,19,20);1H. The fourth-order valence-electron chi connectivity index (χ4n) is 3.05. The minimum absolute atomic E-state index is 0. The summed E-state index contributed by atoms with van der Waals surface area (Å²) >= 11 is 0. The maximum atomic E-state index is 6.00. The number of aliphatic imine (C=N–C) groups is 1. The second kappa shape index (κ2) is 10.0. The number of hydrogen-bond donors (Lipinski definition) is 2. The molecule has 1 unspecified atom stereocenters. The van der Waals surface area contributed by atoms with Crippen LogP contribution in [0.15, 0.2) is 29.3 Å². The number of halogens is 1. The van der Waals surface area contributed by atoms with Gasteiger partial charge in [0.15, 0.2) is 5.96 Å². The number of likely N-dealkylation sites (tertiary alicyclic amines) is 1. The molecule has 2 rings (SSSR count). The van der Waals surface area contributed by atoms with E-state index in [1.807, 2.05) is 0 Å². The fourth-order valence-corrected chi connectivity index (χ4v) is 3.05. The van der Waals surface area contributed by atoms with Crippen molar-refractivity contribution in [3.63, 3.8) is 0 Å². The van der Waals surface area contributed by atoms with Crippen molar-refractivity contribution in [2.45, 2.75) is 45.7 Å². The van der Waals surface area contributed by atoms with Crippen molar-refractivity contribution < 1.29 is 0 Å². The van der Waals surface area contributed by atoms with Crippen LogP contribution in [0.5, 0.6) is 0 Å². The van der Waals surface area contributed by atoms with E-state index < -0.39 is 0 Å². The van der Waals surface area contributed by atoms with Crippen LogP contribution in [0.4, 0.5) is 0 Å². The Bertz CT molecular complexity index is 475. The second-order valence-electron chi connectivity index (χ2n) is 5.63. The zero-order valence-corrected chi connectivity index (χ0v) is 16.0. The van der Waals surface area contributed by atoms with Crippen LogP contribution in [0.2, 0.25) is 0 Å². The molecular formula is C17H29IN4. The highest BCUT2D eigenvalue weighted by molar-refractivity contribution is 14.0. The lowest BCUT2D eigenvalue weighted by atomic mass is 10.1. The fraction of sp³-hybridized carbons (Fsp3) is 0.588. The molecule has 1 aliphatic rings. The lowest BCUT2D eigenvalue weighted by Crippen LogP contribution is -2.42. The van der Waals surface area contributed by atoms with E-state index in [1.165, 1.54) is 30.5 Å². The van der Waals surface area contributed by atoms with Crippen LogP contribution in [-0.2, 0) is 13.0 Å². The molecule has 0 bridgehead atoms. The largest absolute Gasteiger partial charge is 0.370 e. The molecule has 0 aromatic heterocycles. The van der Waals surface area contributed by atoms with Crippen molar-refractivity contribution in [1.82, 2.24) is 10.2 Å². The first kappa shape index (κ1) is 19.2. The predicted molar refractivity (Wildman–Crippen MR) is 105 cm³/mol. The van der Waals surface area contributed by atoms with Gasteiger partial charge in [0, 0.05) is 12.6 Å². The van der Waals surface area contributed by atoms with Crippen LogP contribution in [0.25, 0.3) is 0 Å². The Kier molecular flexibility index (Phi) is 8.78. The lowest BCUT2D eigenvalue weighted by Gasteiger charge is -2.23. The summed E-state index contributed by atoms with van der Waals surface area (Å²) in [4.78, 5) is 6.99. The molecule has 1 saturated heterocycles.